The highest BCUT2D eigenvalue weighted by Gasteiger charge is 2.32. The Balaban J connectivity index is 1.84. The molecule has 3 heteroatoms. The maximum Gasteiger partial charge on any atom is 0.0832 e. The van der Waals surface area contributed by atoms with Crippen molar-refractivity contribution < 1.29 is 5.11 Å². The average Bonchev–Trinajstić information content (AvgIpc) is 2.94. The molecule has 0 aliphatic carbocycles. The van der Waals surface area contributed by atoms with Crippen molar-refractivity contribution in [3.05, 3.63) is 71.8 Å². The van der Waals surface area contributed by atoms with Gasteiger partial charge in [0, 0.05) is 19.1 Å². The van der Waals surface area contributed by atoms with Gasteiger partial charge in [0.15, 0.2) is 0 Å². The Kier molecular flexibility index (Phi) is 4.88. The zero-order valence-corrected chi connectivity index (χ0v) is 13.0. The molecule has 2 atom stereocenters. The number of aliphatic hydroxyl groups excluding tert-OH is 1. The van der Waals surface area contributed by atoms with Crippen LogP contribution in [0, 0.1) is 0 Å². The number of rotatable bonds is 5. The van der Waals surface area contributed by atoms with Gasteiger partial charge in [0.2, 0.25) is 0 Å². The first-order chi connectivity index (χ1) is 10.8. The predicted molar refractivity (Wildman–Crippen MR) is 89.8 cm³/mol. The van der Waals surface area contributed by atoms with E-state index in [1.807, 2.05) is 12.1 Å². The van der Waals surface area contributed by atoms with E-state index in [4.69, 9.17) is 0 Å². The molecule has 3 nitrogen and oxygen atoms in total. The summed E-state index contributed by atoms with van der Waals surface area (Å²) in [5.74, 6) is 0. The second kappa shape index (κ2) is 7.05. The lowest BCUT2D eigenvalue weighted by atomic mass is 9.97. The number of likely N-dealkylation sites (N-methyl/N-ethyl adjacent to an activating group) is 1. The van der Waals surface area contributed by atoms with Crippen LogP contribution in [-0.2, 0) is 0 Å². The van der Waals surface area contributed by atoms with Gasteiger partial charge in [-0.3, -0.25) is 10.2 Å². The second-order valence-corrected chi connectivity index (χ2v) is 5.95. The molecule has 0 spiro atoms. The number of likely N-dealkylation sites (tertiary alicyclic amines) is 1. The van der Waals surface area contributed by atoms with Crippen LogP contribution in [0.2, 0.25) is 0 Å². The lowest BCUT2D eigenvalue weighted by Gasteiger charge is -2.25. The van der Waals surface area contributed by atoms with Crippen LogP contribution in [-0.4, -0.2) is 41.8 Å². The topological polar surface area (TPSA) is 35.5 Å². The largest absolute Gasteiger partial charge is 0.390 e. The summed E-state index contributed by atoms with van der Waals surface area (Å²) in [6.45, 7) is 4.77. The molecule has 1 fully saturated rings. The molecule has 0 aromatic heterocycles. The second-order valence-electron chi connectivity index (χ2n) is 5.95. The van der Waals surface area contributed by atoms with E-state index >= 15 is 0 Å². The molecule has 2 aromatic carbocycles. The Morgan fingerprint density at radius 1 is 1.00 bits per heavy atom. The van der Waals surface area contributed by atoms with Crippen LogP contribution in [0.1, 0.15) is 24.1 Å². The molecule has 22 heavy (non-hydrogen) atoms. The van der Waals surface area contributed by atoms with Crippen molar-refractivity contribution in [1.82, 2.24) is 10.2 Å². The molecule has 0 amide bonds. The number of benzene rings is 2. The summed E-state index contributed by atoms with van der Waals surface area (Å²) >= 11 is 0. The van der Waals surface area contributed by atoms with Gasteiger partial charge >= 0.3 is 0 Å². The SMILES string of the molecule is CCN1C[C@H](NC(c2ccccc2)c2ccccc2)[C@@H](O)C1. The molecular formula is C19H24N2O. The fraction of sp³-hybridized carbons (Fsp3) is 0.368. The van der Waals surface area contributed by atoms with Gasteiger partial charge in [-0.2, -0.15) is 0 Å². The summed E-state index contributed by atoms with van der Waals surface area (Å²) < 4.78 is 0. The van der Waals surface area contributed by atoms with Crippen molar-refractivity contribution in [3.8, 4) is 0 Å². The number of nitrogens with one attached hydrogen (secondary N) is 1. The first kappa shape index (κ1) is 15.2. The molecule has 2 aromatic rings. The van der Waals surface area contributed by atoms with Crippen LogP contribution in [0.25, 0.3) is 0 Å². The molecule has 3 rings (SSSR count). The summed E-state index contributed by atoms with van der Waals surface area (Å²) in [5.41, 5.74) is 2.46. The fourth-order valence-electron chi connectivity index (χ4n) is 3.18. The molecule has 1 aliphatic heterocycles. The number of nitrogens with zero attached hydrogens (tertiary/aromatic N) is 1. The van der Waals surface area contributed by atoms with E-state index in [0.717, 1.165) is 19.6 Å². The summed E-state index contributed by atoms with van der Waals surface area (Å²) in [6, 6.07) is 21.1. The highest BCUT2D eigenvalue weighted by Crippen LogP contribution is 2.24. The number of β-amino-alcohol motifs (C(OH)–C–C–N with tert-alkyl or cyclic N) is 1. The van der Waals surface area contributed by atoms with E-state index in [-0.39, 0.29) is 18.2 Å². The first-order valence-corrected chi connectivity index (χ1v) is 8.04. The zero-order valence-electron chi connectivity index (χ0n) is 13.0. The van der Waals surface area contributed by atoms with Gasteiger partial charge in [0.05, 0.1) is 12.1 Å². The minimum Gasteiger partial charge on any atom is -0.390 e. The van der Waals surface area contributed by atoms with Gasteiger partial charge in [0.25, 0.3) is 0 Å². The third-order valence-electron chi connectivity index (χ3n) is 4.46. The van der Waals surface area contributed by atoms with E-state index in [0.29, 0.717) is 0 Å². The molecule has 0 saturated carbocycles. The summed E-state index contributed by atoms with van der Waals surface area (Å²) in [6.07, 6.45) is -0.310. The Morgan fingerprint density at radius 3 is 2.00 bits per heavy atom. The predicted octanol–water partition coefficient (Wildman–Crippen LogP) is 2.43. The van der Waals surface area contributed by atoms with Crippen LogP contribution < -0.4 is 5.32 Å². The van der Waals surface area contributed by atoms with E-state index in [9.17, 15) is 5.11 Å². The summed E-state index contributed by atoms with van der Waals surface area (Å²) in [4.78, 5) is 2.29. The van der Waals surface area contributed by atoms with Gasteiger partial charge in [-0.05, 0) is 17.7 Å². The minimum atomic E-state index is -0.310. The van der Waals surface area contributed by atoms with Gasteiger partial charge in [0.1, 0.15) is 0 Å². The lowest BCUT2D eigenvalue weighted by molar-refractivity contribution is 0.152. The normalized spacial score (nSPS) is 22.3. The molecule has 0 radical (unpaired) electrons. The highest BCUT2D eigenvalue weighted by molar-refractivity contribution is 5.31. The van der Waals surface area contributed by atoms with Crippen molar-refractivity contribution in [2.75, 3.05) is 19.6 Å². The van der Waals surface area contributed by atoms with Gasteiger partial charge in [-0.1, -0.05) is 67.6 Å². The zero-order chi connectivity index (χ0) is 15.4. The maximum absolute atomic E-state index is 10.3. The summed E-state index contributed by atoms with van der Waals surface area (Å²) in [5, 5.41) is 14.0. The van der Waals surface area contributed by atoms with Crippen LogP contribution >= 0.6 is 0 Å². The van der Waals surface area contributed by atoms with Crippen molar-refractivity contribution in [3.63, 3.8) is 0 Å². The van der Waals surface area contributed by atoms with Crippen molar-refractivity contribution in [2.24, 2.45) is 0 Å². The molecule has 116 valence electrons. The molecule has 2 N–H and O–H groups in total. The number of hydrogen-bond donors (Lipinski definition) is 2. The van der Waals surface area contributed by atoms with Crippen molar-refractivity contribution in [1.29, 1.82) is 0 Å². The third kappa shape index (κ3) is 3.38. The fourth-order valence-corrected chi connectivity index (χ4v) is 3.18. The molecule has 1 saturated heterocycles. The standard InChI is InChI=1S/C19H24N2O/c1-2-21-13-17(18(22)14-21)20-19(15-9-5-3-6-10-15)16-11-7-4-8-12-16/h3-12,17-20,22H,2,13-14H2,1H3/t17-,18-/m0/s1. The monoisotopic (exact) mass is 296 g/mol. The quantitative estimate of drug-likeness (QED) is 0.889. The van der Waals surface area contributed by atoms with Crippen LogP contribution in [0.3, 0.4) is 0 Å². The average molecular weight is 296 g/mol. The van der Waals surface area contributed by atoms with E-state index < -0.39 is 0 Å². The maximum atomic E-state index is 10.3. The smallest absolute Gasteiger partial charge is 0.0832 e. The Labute approximate surface area is 132 Å². The lowest BCUT2D eigenvalue weighted by Crippen LogP contribution is -2.41. The van der Waals surface area contributed by atoms with Gasteiger partial charge in [-0.25, -0.2) is 0 Å². The Hall–Kier alpha value is -1.68. The van der Waals surface area contributed by atoms with Crippen LogP contribution in [0.15, 0.2) is 60.7 Å². The van der Waals surface area contributed by atoms with Crippen molar-refractivity contribution >= 4 is 0 Å². The molecule has 0 unspecified atom stereocenters. The minimum absolute atomic E-state index is 0.102. The van der Waals surface area contributed by atoms with Gasteiger partial charge < -0.3 is 5.11 Å². The number of hydrogen-bond acceptors (Lipinski definition) is 3. The highest BCUT2D eigenvalue weighted by atomic mass is 16.3. The van der Waals surface area contributed by atoms with Crippen LogP contribution in [0.4, 0.5) is 0 Å². The Morgan fingerprint density at radius 2 is 1.55 bits per heavy atom. The number of aliphatic hydroxyl groups is 1. The van der Waals surface area contributed by atoms with E-state index in [1.165, 1.54) is 11.1 Å². The van der Waals surface area contributed by atoms with E-state index in [1.54, 1.807) is 0 Å². The summed E-state index contributed by atoms with van der Waals surface area (Å²) in [7, 11) is 0. The molecule has 1 heterocycles. The Bertz CT molecular complexity index is 533. The van der Waals surface area contributed by atoms with E-state index in [2.05, 4.69) is 65.7 Å². The third-order valence-corrected chi connectivity index (χ3v) is 4.46. The van der Waals surface area contributed by atoms with Crippen molar-refractivity contribution in [2.45, 2.75) is 25.1 Å². The van der Waals surface area contributed by atoms with Crippen LogP contribution in [0.5, 0.6) is 0 Å². The molecule has 1 aliphatic rings. The molecular weight excluding hydrogens is 272 g/mol. The first-order valence-electron chi connectivity index (χ1n) is 8.04. The van der Waals surface area contributed by atoms with Gasteiger partial charge in [-0.15, -0.1) is 0 Å². The molecule has 0 bridgehead atoms.